The minimum absolute atomic E-state index is 0.211. The third-order valence-electron chi connectivity index (χ3n) is 5.47. The van der Waals surface area contributed by atoms with Gasteiger partial charge in [0, 0.05) is 25.2 Å². The molecule has 0 bridgehead atoms. The highest BCUT2D eigenvalue weighted by atomic mass is 32.2. The summed E-state index contributed by atoms with van der Waals surface area (Å²) >= 11 is 0. The van der Waals surface area contributed by atoms with E-state index in [4.69, 9.17) is 0 Å². The lowest BCUT2D eigenvalue weighted by molar-refractivity contribution is 0.0953. The highest BCUT2D eigenvalue weighted by Gasteiger charge is 2.27. The Balaban J connectivity index is 1.63. The summed E-state index contributed by atoms with van der Waals surface area (Å²) in [6.45, 7) is 3.27. The molecular weight excluding hydrogens is 403 g/mol. The van der Waals surface area contributed by atoms with Crippen LogP contribution in [0.3, 0.4) is 0 Å². The van der Waals surface area contributed by atoms with Crippen molar-refractivity contribution in [2.75, 3.05) is 19.6 Å². The second-order valence-electron chi connectivity index (χ2n) is 7.78. The molecule has 7 heteroatoms. The van der Waals surface area contributed by atoms with Crippen LogP contribution in [0.2, 0.25) is 0 Å². The Hall–Kier alpha value is -2.25. The largest absolute Gasteiger partial charge is 0.352 e. The minimum atomic E-state index is -3.61. The molecule has 0 spiro atoms. The molecule has 162 valence electrons. The van der Waals surface area contributed by atoms with Crippen LogP contribution in [0.4, 0.5) is 4.39 Å². The van der Waals surface area contributed by atoms with Crippen molar-refractivity contribution in [3.8, 4) is 0 Å². The number of nitrogens with one attached hydrogen (secondary N) is 1. The second kappa shape index (κ2) is 10.2. The van der Waals surface area contributed by atoms with Gasteiger partial charge < -0.3 is 5.32 Å². The number of amides is 1. The molecule has 1 amide bonds. The summed E-state index contributed by atoms with van der Waals surface area (Å²) < 4.78 is 40.8. The van der Waals surface area contributed by atoms with Gasteiger partial charge in [-0.25, -0.2) is 12.8 Å². The summed E-state index contributed by atoms with van der Waals surface area (Å²) in [5, 5.41) is 2.85. The summed E-state index contributed by atoms with van der Waals surface area (Å²) in [4.78, 5) is 12.8. The lowest BCUT2D eigenvalue weighted by Gasteiger charge is -2.21. The van der Waals surface area contributed by atoms with Crippen LogP contribution < -0.4 is 5.32 Å². The van der Waals surface area contributed by atoms with E-state index in [1.807, 2.05) is 0 Å². The molecule has 1 heterocycles. The normalized spacial score (nSPS) is 15.5. The van der Waals surface area contributed by atoms with Crippen LogP contribution >= 0.6 is 0 Å². The van der Waals surface area contributed by atoms with Crippen LogP contribution in [0.15, 0.2) is 47.4 Å². The number of sulfonamides is 1. The van der Waals surface area contributed by atoms with E-state index in [0.29, 0.717) is 37.2 Å². The van der Waals surface area contributed by atoms with Gasteiger partial charge in [0.05, 0.1) is 4.90 Å². The quantitative estimate of drug-likeness (QED) is 0.671. The highest BCUT2D eigenvalue weighted by molar-refractivity contribution is 7.89. The fraction of sp³-hybridized carbons (Fsp3) is 0.435. The van der Waals surface area contributed by atoms with E-state index in [1.54, 1.807) is 35.5 Å². The molecule has 0 radical (unpaired) electrons. The van der Waals surface area contributed by atoms with Crippen LogP contribution in [-0.2, 0) is 16.4 Å². The van der Waals surface area contributed by atoms with E-state index in [1.165, 1.54) is 18.2 Å². The van der Waals surface area contributed by atoms with Crippen LogP contribution in [0.25, 0.3) is 0 Å². The van der Waals surface area contributed by atoms with Crippen molar-refractivity contribution in [1.82, 2.24) is 9.62 Å². The number of hydrogen-bond donors (Lipinski definition) is 1. The second-order valence-corrected chi connectivity index (χ2v) is 9.69. The Morgan fingerprint density at radius 3 is 2.37 bits per heavy atom. The van der Waals surface area contributed by atoms with E-state index in [0.717, 1.165) is 37.7 Å². The van der Waals surface area contributed by atoms with Gasteiger partial charge in [-0.2, -0.15) is 4.31 Å². The van der Waals surface area contributed by atoms with Gasteiger partial charge in [-0.3, -0.25) is 4.79 Å². The minimum Gasteiger partial charge on any atom is -0.352 e. The van der Waals surface area contributed by atoms with E-state index < -0.39 is 10.0 Å². The number of rotatable bonds is 7. The van der Waals surface area contributed by atoms with E-state index in [-0.39, 0.29) is 16.6 Å². The van der Waals surface area contributed by atoms with Crippen molar-refractivity contribution in [3.05, 3.63) is 65.0 Å². The number of nitrogens with zero attached hydrogens (tertiary/aromatic N) is 1. The van der Waals surface area contributed by atoms with Crippen molar-refractivity contribution in [2.24, 2.45) is 0 Å². The SMILES string of the molecule is Cc1ccc(C(=O)NCCCc2ccc(F)cc2)cc1S(=O)(=O)N1CCCCCC1. The fourth-order valence-corrected chi connectivity index (χ4v) is 5.46. The summed E-state index contributed by atoms with van der Waals surface area (Å²) in [6.07, 6.45) is 5.26. The lowest BCUT2D eigenvalue weighted by atomic mass is 10.1. The Morgan fingerprint density at radius 2 is 1.70 bits per heavy atom. The molecule has 1 aliphatic rings. The molecule has 0 atom stereocenters. The predicted molar refractivity (Wildman–Crippen MR) is 115 cm³/mol. The molecule has 1 fully saturated rings. The smallest absolute Gasteiger partial charge is 0.251 e. The zero-order valence-corrected chi connectivity index (χ0v) is 18.2. The molecule has 0 saturated carbocycles. The predicted octanol–water partition coefficient (Wildman–Crippen LogP) is 4.06. The first kappa shape index (κ1) is 22.4. The molecule has 2 aromatic carbocycles. The monoisotopic (exact) mass is 432 g/mol. The maximum absolute atomic E-state index is 13.1. The fourth-order valence-electron chi connectivity index (χ4n) is 3.69. The molecule has 0 unspecified atom stereocenters. The Labute approximate surface area is 178 Å². The van der Waals surface area contributed by atoms with Crippen molar-refractivity contribution < 1.29 is 17.6 Å². The standard InChI is InChI=1S/C23H29FN2O3S/c1-18-8-11-20(17-22(18)30(28,29)26-15-4-2-3-5-16-26)23(27)25-14-6-7-19-9-12-21(24)13-10-19/h8-13,17H,2-7,14-16H2,1H3,(H,25,27). The summed E-state index contributed by atoms with van der Waals surface area (Å²) in [5.74, 6) is -0.557. The molecule has 1 saturated heterocycles. The topological polar surface area (TPSA) is 66.5 Å². The Kier molecular flexibility index (Phi) is 7.61. The maximum atomic E-state index is 13.1. The summed E-state index contributed by atoms with van der Waals surface area (Å²) in [5.41, 5.74) is 2.00. The molecule has 1 N–H and O–H groups in total. The van der Waals surface area contributed by atoms with Crippen LogP contribution in [0.1, 0.15) is 53.6 Å². The van der Waals surface area contributed by atoms with Crippen LogP contribution in [0.5, 0.6) is 0 Å². The molecule has 30 heavy (non-hydrogen) atoms. The van der Waals surface area contributed by atoms with Gasteiger partial charge in [0.15, 0.2) is 0 Å². The third kappa shape index (κ3) is 5.67. The van der Waals surface area contributed by atoms with Crippen molar-refractivity contribution in [1.29, 1.82) is 0 Å². The van der Waals surface area contributed by atoms with E-state index in [2.05, 4.69) is 5.32 Å². The number of carbonyl (C=O) groups excluding carboxylic acids is 1. The van der Waals surface area contributed by atoms with Gasteiger partial charge in [-0.1, -0.05) is 31.0 Å². The number of carbonyl (C=O) groups is 1. The lowest BCUT2D eigenvalue weighted by Crippen LogP contribution is -2.32. The Bertz CT molecular complexity index is 966. The van der Waals surface area contributed by atoms with Gasteiger partial charge >= 0.3 is 0 Å². The molecule has 0 aliphatic carbocycles. The molecule has 1 aliphatic heterocycles. The summed E-state index contributed by atoms with van der Waals surface area (Å²) in [7, 11) is -3.61. The third-order valence-corrected chi connectivity index (χ3v) is 7.51. The van der Waals surface area contributed by atoms with Crippen LogP contribution in [0, 0.1) is 12.7 Å². The van der Waals surface area contributed by atoms with Crippen molar-refractivity contribution >= 4 is 15.9 Å². The average molecular weight is 433 g/mol. The first-order chi connectivity index (χ1) is 14.4. The number of hydrogen-bond acceptors (Lipinski definition) is 3. The maximum Gasteiger partial charge on any atom is 0.251 e. The van der Waals surface area contributed by atoms with Gasteiger partial charge in [-0.15, -0.1) is 0 Å². The Morgan fingerprint density at radius 1 is 1.03 bits per heavy atom. The number of benzene rings is 2. The van der Waals surface area contributed by atoms with Gasteiger partial charge in [-0.05, 0) is 68.0 Å². The molecular formula is C23H29FN2O3S. The van der Waals surface area contributed by atoms with Crippen molar-refractivity contribution in [2.45, 2.75) is 50.3 Å². The molecule has 5 nitrogen and oxygen atoms in total. The van der Waals surface area contributed by atoms with Gasteiger partial charge in [0.1, 0.15) is 5.82 Å². The molecule has 0 aromatic heterocycles. The van der Waals surface area contributed by atoms with E-state index in [9.17, 15) is 17.6 Å². The van der Waals surface area contributed by atoms with Crippen molar-refractivity contribution in [3.63, 3.8) is 0 Å². The van der Waals surface area contributed by atoms with Crippen LogP contribution in [-0.4, -0.2) is 38.3 Å². The zero-order chi connectivity index (χ0) is 21.6. The first-order valence-corrected chi connectivity index (χ1v) is 12.0. The molecule has 3 rings (SSSR count). The summed E-state index contributed by atoms with van der Waals surface area (Å²) in [6, 6.07) is 11.2. The van der Waals surface area contributed by atoms with Gasteiger partial charge in [0.25, 0.3) is 5.91 Å². The zero-order valence-electron chi connectivity index (χ0n) is 17.4. The number of aryl methyl sites for hydroxylation is 2. The average Bonchev–Trinajstić information content (AvgIpc) is 3.03. The highest BCUT2D eigenvalue weighted by Crippen LogP contribution is 2.24. The molecule has 2 aromatic rings. The first-order valence-electron chi connectivity index (χ1n) is 10.5. The number of halogens is 1. The van der Waals surface area contributed by atoms with Gasteiger partial charge in [0.2, 0.25) is 10.0 Å². The van der Waals surface area contributed by atoms with E-state index >= 15 is 0 Å².